The molecule has 2 aromatic heterocycles. The van der Waals surface area contributed by atoms with E-state index in [1.54, 1.807) is 10.7 Å². The summed E-state index contributed by atoms with van der Waals surface area (Å²) in [6.07, 6.45) is 0. The molecule has 0 bridgehead atoms. The van der Waals surface area contributed by atoms with Crippen LogP contribution in [0.5, 0.6) is 0 Å². The number of rotatable bonds is 4. The zero-order chi connectivity index (χ0) is 18.3. The van der Waals surface area contributed by atoms with E-state index in [4.69, 9.17) is 0 Å². The predicted molar refractivity (Wildman–Crippen MR) is 91.9 cm³/mol. The van der Waals surface area contributed by atoms with Gasteiger partial charge in [-0.2, -0.15) is 13.9 Å². The molecule has 0 spiro atoms. The van der Waals surface area contributed by atoms with Crippen molar-refractivity contribution in [2.75, 3.05) is 0 Å². The first-order valence-electron chi connectivity index (χ1n) is 8.11. The van der Waals surface area contributed by atoms with Gasteiger partial charge < -0.3 is 0 Å². The molecule has 132 valence electrons. The second kappa shape index (κ2) is 5.98. The van der Waals surface area contributed by atoms with Crippen LogP contribution in [0.25, 0.3) is 10.9 Å². The van der Waals surface area contributed by atoms with Crippen LogP contribution in [0.4, 0.5) is 8.78 Å². The van der Waals surface area contributed by atoms with E-state index in [2.05, 4.69) is 25.7 Å². The highest BCUT2D eigenvalue weighted by molar-refractivity contribution is 5.82. The summed E-state index contributed by atoms with van der Waals surface area (Å²) in [6, 6.07) is 12.5. The number of nitrogens with one attached hydrogen (secondary N) is 1. The summed E-state index contributed by atoms with van der Waals surface area (Å²) < 4.78 is 31.1. The summed E-state index contributed by atoms with van der Waals surface area (Å²) in [7, 11) is 0. The van der Waals surface area contributed by atoms with Gasteiger partial charge in [0.2, 0.25) is 5.82 Å². The average Bonchev–Trinajstić information content (AvgIpc) is 3.26. The minimum Gasteiger partial charge on any atom is -0.260 e. The normalized spacial score (nSPS) is 12.0. The van der Waals surface area contributed by atoms with Gasteiger partial charge in [0.1, 0.15) is 0 Å². The molecule has 0 saturated carbocycles. The smallest absolute Gasteiger partial charge is 0.260 e. The fraction of sp³-hybridized carbons (Fsp3) is 0.222. The van der Waals surface area contributed by atoms with E-state index >= 15 is 0 Å². The third kappa shape index (κ3) is 2.63. The number of nitrogens with zero attached hydrogens (tertiary/aromatic N) is 5. The number of halogens is 2. The van der Waals surface area contributed by atoms with Crippen LogP contribution in [0.3, 0.4) is 0 Å². The average molecular weight is 354 g/mol. The molecule has 0 aliphatic carbocycles. The maximum Gasteiger partial charge on any atom is 0.333 e. The maximum absolute atomic E-state index is 14.7. The lowest BCUT2D eigenvalue weighted by Crippen LogP contribution is -2.17. The van der Waals surface area contributed by atoms with Crippen LogP contribution in [0.1, 0.15) is 28.2 Å². The number of benzene rings is 2. The number of aromatic amines is 1. The van der Waals surface area contributed by atoms with Crippen molar-refractivity contribution < 1.29 is 8.78 Å². The molecule has 26 heavy (non-hydrogen) atoms. The van der Waals surface area contributed by atoms with Gasteiger partial charge in [-0.1, -0.05) is 36.4 Å². The van der Waals surface area contributed by atoms with Crippen LogP contribution in [-0.2, 0) is 12.5 Å². The van der Waals surface area contributed by atoms with Gasteiger partial charge in [-0.25, -0.2) is 5.10 Å². The first-order chi connectivity index (χ1) is 12.5. The van der Waals surface area contributed by atoms with E-state index in [0.717, 1.165) is 22.2 Å². The Kier molecular flexibility index (Phi) is 3.75. The fourth-order valence-electron chi connectivity index (χ4n) is 3.03. The summed E-state index contributed by atoms with van der Waals surface area (Å²) in [5.41, 5.74) is 3.48. The molecule has 1 N–H and O–H groups in total. The molecular weight excluding hydrogens is 338 g/mol. The van der Waals surface area contributed by atoms with Gasteiger partial charge in [-0.15, -0.1) is 5.10 Å². The van der Waals surface area contributed by atoms with E-state index in [-0.39, 0.29) is 5.56 Å². The minimum atomic E-state index is -3.32. The molecule has 0 radical (unpaired) electrons. The topological polar surface area (TPSA) is 72.3 Å². The Morgan fingerprint density at radius 2 is 1.92 bits per heavy atom. The molecule has 6 nitrogen and oxygen atoms in total. The van der Waals surface area contributed by atoms with Gasteiger partial charge >= 0.3 is 5.92 Å². The van der Waals surface area contributed by atoms with Gasteiger partial charge in [-0.05, 0) is 41.5 Å². The Balaban J connectivity index is 1.81. The van der Waals surface area contributed by atoms with Gasteiger partial charge in [0.15, 0.2) is 0 Å². The number of tetrazole rings is 1. The molecule has 4 aromatic rings. The van der Waals surface area contributed by atoms with Gasteiger partial charge in [-0.3, -0.25) is 4.68 Å². The van der Waals surface area contributed by atoms with Crippen molar-refractivity contribution in [2.24, 2.45) is 0 Å². The van der Waals surface area contributed by atoms with Crippen LogP contribution in [0.2, 0.25) is 0 Å². The zero-order valence-corrected chi connectivity index (χ0v) is 14.2. The molecule has 0 aliphatic rings. The first-order valence-corrected chi connectivity index (χ1v) is 8.11. The van der Waals surface area contributed by atoms with Gasteiger partial charge in [0.25, 0.3) is 0 Å². The van der Waals surface area contributed by atoms with Crippen LogP contribution < -0.4 is 0 Å². The van der Waals surface area contributed by atoms with Crippen molar-refractivity contribution in [2.45, 2.75) is 26.3 Å². The largest absolute Gasteiger partial charge is 0.333 e. The lowest BCUT2D eigenvalue weighted by atomic mass is 10.0. The molecule has 2 heterocycles. The number of aryl methyl sites for hydroxylation is 2. The third-order valence-corrected chi connectivity index (χ3v) is 4.52. The molecule has 0 saturated heterocycles. The Morgan fingerprint density at radius 3 is 2.65 bits per heavy atom. The summed E-state index contributed by atoms with van der Waals surface area (Å²) in [5.74, 6) is -3.90. The molecule has 0 amide bonds. The number of alkyl halides is 2. The summed E-state index contributed by atoms with van der Waals surface area (Å²) in [4.78, 5) is 0. The third-order valence-electron chi connectivity index (χ3n) is 4.52. The Labute approximate surface area is 147 Å². The SMILES string of the molecule is Cc1ccccc1Cn1nc(C)c2ccc(C(F)(F)c3nnn[nH]3)cc21. The summed E-state index contributed by atoms with van der Waals surface area (Å²) >= 11 is 0. The number of hydrogen-bond acceptors (Lipinski definition) is 4. The predicted octanol–water partition coefficient (Wildman–Crippen LogP) is 3.35. The molecule has 0 unspecified atom stereocenters. The molecule has 0 aliphatic heterocycles. The van der Waals surface area contributed by atoms with Crippen LogP contribution in [-0.4, -0.2) is 30.4 Å². The van der Waals surface area contributed by atoms with Crippen molar-refractivity contribution in [1.82, 2.24) is 30.4 Å². The summed E-state index contributed by atoms with van der Waals surface area (Å²) in [5, 5.41) is 17.4. The molecule has 8 heteroatoms. The molecule has 0 atom stereocenters. The highest BCUT2D eigenvalue weighted by Crippen LogP contribution is 2.35. The number of hydrogen-bond donors (Lipinski definition) is 1. The second-order valence-electron chi connectivity index (χ2n) is 6.23. The van der Waals surface area contributed by atoms with Crippen molar-refractivity contribution in [1.29, 1.82) is 0 Å². The van der Waals surface area contributed by atoms with E-state index in [1.165, 1.54) is 12.1 Å². The minimum absolute atomic E-state index is 0.186. The van der Waals surface area contributed by atoms with Crippen molar-refractivity contribution in [3.8, 4) is 0 Å². The van der Waals surface area contributed by atoms with Crippen molar-refractivity contribution >= 4 is 10.9 Å². The van der Waals surface area contributed by atoms with E-state index in [9.17, 15) is 8.78 Å². The molecule has 2 aromatic carbocycles. The number of H-pyrrole nitrogens is 1. The highest BCUT2D eigenvalue weighted by atomic mass is 19.3. The van der Waals surface area contributed by atoms with Crippen LogP contribution in [0.15, 0.2) is 42.5 Å². The van der Waals surface area contributed by atoms with Crippen molar-refractivity contribution in [3.05, 3.63) is 70.7 Å². The first kappa shape index (κ1) is 16.3. The lowest BCUT2D eigenvalue weighted by Gasteiger charge is -2.14. The Hall–Kier alpha value is -3.16. The fourth-order valence-corrected chi connectivity index (χ4v) is 3.03. The van der Waals surface area contributed by atoms with E-state index < -0.39 is 11.7 Å². The molecule has 4 rings (SSSR count). The Morgan fingerprint density at radius 1 is 1.12 bits per heavy atom. The summed E-state index contributed by atoms with van der Waals surface area (Å²) in [6.45, 7) is 4.40. The monoisotopic (exact) mass is 354 g/mol. The van der Waals surface area contributed by atoms with E-state index in [0.29, 0.717) is 12.1 Å². The lowest BCUT2D eigenvalue weighted by molar-refractivity contribution is 0.0330. The van der Waals surface area contributed by atoms with E-state index in [1.807, 2.05) is 38.1 Å². The number of fused-ring (bicyclic) bond motifs is 1. The molecule has 0 fully saturated rings. The van der Waals surface area contributed by atoms with Crippen molar-refractivity contribution in [3.63, 3.8) is 0 Å². The van der Waals surface area contributed by atoms with Gasteiger partial charge in [0, 0.05) is 10.9 Å². The van der Waals surface area contributed by atoms with Gasteiger partial charge in [0.05, 0.1) is 17.8 Å². The maximum atomic E-state index is 14.7. The highest BCUT2D eigenvalue weighted by Gasteiger charge is 2.38. The Bertz CT molecular complexity index is 1070. The van der Waals surface area contributed by atoms with Crippen LogP contribution >= 0.6 is 0 Å². The quantitative estimate of drug-likeness (QED) is 0.610. The second-order valence-corrected chi connectivity index (χ2v) is 6.23. The van der Waals surface area contributed by atoms with Crippen LogP contribution in [0, 0.1) is 13.8 Å². The molecular formula is C18H16F2N6. The number of aromatic nitrogens is 6. The standard InChI is InChI=1S/C18H16F2N6/c1-11-5-3-4-6-13(11)10-26-16-9-14(7-8-15(16)12(2)23-26)18(19,20)17-21-24-25-22-17/h3-9H,10H2,1-2H3,(H,21,22,24,25). The zero-order valence-electron chi connectivity index (χ0n) is 14.2.